The highest BCUT2D eigenvalue weighted by molar-refractivity contribution is 5.82. The topological polar surface area (TPSA) is 47.6 Å². The summed E-state index contributed by atoms with van der Waals surface area (Å²) >= 11 is 0. The van der Waals surface area contributed by atoms with E-state index in [1.54, 1.807) is 0 Å². The Labute approximate surface area is 150 Å². The first-order valence-electron chi connectivity index (χ1n) is 9.53. The van der Waals surface area contributed by atoms with Crippen molar-refractivity contribution < 1.29 is 4.79 Å². The van der Waals surface area contributed by atoms with Gasteiger partial charge in [0.1, 0.15) is 6.04 Å². The number of rotatable bonds is 5. The van der Waals surface area contributed by atoms with E-state index in [0.717, 1.165) is 45.1 Å². The molecule has 2 N–H and O–H groups in total. The van der Waals surface area contributed by atoms with Crippen molar-refractivity contribution in [2.24, 2.45) is 5.92 Å². The molecule has 1 amide bonds. The maximum atomic E-state index is 12.7. The molecule has 1 aromatic carbocycles. The zero-order chi connectivity index (χ0) is 17.1. The van der Waals surface area contributed by atoms with Gasteiger partial charge in [0.25, 0.3) is 0 Å². The van der Waals surface area contributed by atoms with Crippen molar-refractivity contribution in [1.29, 1.82) is 0 Å². The van der Waals surface area contributed by atoms with E-state index in [4.69, 9.17) is 0 Å². The number of carbonyl (C=O) groups is 1. The zero-order valence-corrected chi connectivity index (χ0v) is 14.7. The molecule has 4 rings (SSSR count). The fourth-order valence-corrected chi connectivity index (χ4v) is 3.82. The number of hydrogen-bond acceptors (Lipinski definition) is 4. The molecular weight excluding hydrogens is 312 g/mol. The van der Waals surface area contributed by atoms with E-state index in [1.807, 2.05) is 11.0 Å². The van der Waals surface area contributed by atoms with Crippen LogP contribution < -0.4 is 10.9 Å². The first kappa shape index (κ1) is 16.8. The van der Waals surface area contributed by atoms with Crippen molar-refractivity contribution in [3.8, 4) is 0 Å². The summed E-state index contributed by atoms with van der Waals surface area (Å²) in [5.74, 6) is 1.06. The molecule has 0 radical (unpaired) electrons. The lowest BCUT2D eigenvalue weighted by molar-refractivity contribution is -0.134. The van der Waals surface area contributed by atoms with E-state index in [9.17, 15) is 4.79 Å². The first-order valence-corrected chi connectivity index (χ1v) is 9.53. The molecule has 2 heterocycles. The van der Waals surface area contributed by atoms with Gasteiger partial charge in [0.05, 0.1) is 0 Å². The van der Waals surface area contributed by atoms with Crippen LogP contribution in [0.25, 0.3) is 6.08 Å². The highest BCUT2D eigenvalue weighted by atomic mass is 16.2. The quantitative estimate of drug-likeness (QED) is 0.853. The van der Waals surface area contributed by atoms with Gasteiger partial charge in [0, 0.05) is 38.8 Å². The maximum absolute atomic E-state index is 12.7. The Morgan fingerprint density at radius 1 is 1.08 bits per heavy atom. The maximum Gasteiger partial charge on any atom is 0.241 e. The molecule has 2 atom stereocenters. The van der Waals surface area contributed by atoms with Crippen LogP contribution in [0.15, 0.2) is 36.4 Å². The zero-order valence-electron chi connectivity index (χ0n) is 14.7. The second kappa shape index (κ2) is 7.68. The van der Waals surface area contributed by atoms with Crippen molar-refractivity contribution >= 4 is 12.0 Å². The Bertz CT molecular complexity index is 605. The highest BCUT2D eigenvalue weighted by Crippen LogP contribution is 2.35. The molecular formula is C20H28N4O. The summed E-state index contributed by atoms with van der Waals surface area (Å²) in [6.45, 7) is 4.53. The van der Waals surface area contributed by atoms with Gasteiger partial charge in [-0.3, -0.25) is 15.1 Å². The number of hydrazine groups is 1. The molecule has 0 aromatic heterocycles. The molecule has 134 valence electrons. The van der Waals surface area contributed by atoms with Crippen LogP contribution in [0.5, 0.6) is 0 Å². The molecule has 0 spiro atoms. The summed E-state index contributed by atoms with van der Waals surface area (Å²) in [6.07, 6.45) is 7.97. The normalized spacial score (nSPS) is 27.9. The Balaban J connectivity index is 1.20. The molecule has 5 nitrogen and oxygen atoms in total. The average Bonchev–Trinajstić information content (AvgIpc) is 3.40. The minimum atomic E-state index is -0.0323. The Kier molecular flexibility index (Phi) is 5.15. The number of carbonyl (C=O) groups excluding carboxylic acids is 1. The summed E-state index contributed by atoms with van der Waals surface area (Å²) in [4.78, 5) is 17.1. The van der Waals surface area contributed by atoms with Crippen LogP contribution in [-0.2, 0) is 4.79 Å². The molecule has 2 unspecified atom stereocenters. The largest absolute Gasteiger partial charge is 0.339 e. The predicted octanol–water partition coefficient (Wildman–Crippen LogP) is 1.49. The number of piperazine rings is 1. The Hall–Kier alpha value is -1.69. The lowest BCUT2D eigenvalue weighted by atomic mass is 10.1. The molecule has 2 saturated heterocycles. The molecule has 5 heteroatoms. The molecule has 0 bridgehead atoms. The fourth-order valence-electron chi connectivity index (χ4n) is 3.82. The van der Waals surface area contributed by atoms with Crippen molar-refractivity contribution in [3.63, 3.8) is 0 Å². The van der Waals surface area contributed by atoms with Gasteiger partial charge in [-0.2, -0.15) is 0 Å². The molecule has 25 heavy (non-hydrogen) atoms. The van der Waals surface area contributed by atoms with E-state index in [-0.39, 0.29) is 11.9 Å². The SMILES string of the molecule is O=C(C1CC(C2CC2)NN1)N1CCN(C/C=C/c2ccccc2)CC1. The van der Waals surface area contributed by atoms with Gasteiger partial charge in [-0.1, -0.05) is 42.5 Å². The first-order chi connectivity index (χ1) is 12.3. The molecule has 3 fully saturated rings. The predicted molar refractivity (Wildman–Crippen MR) is 99.7 cm³/mol. The standard InChI is InChI=1S/C20H28N4O/c25-20(19-15-18(21-22-19)17-8-9-17)24-13-11-23(12-14-24)10-4-7-16-5-2-1-3-6-16/h1-7,17-19,21-22H,8-15H2/b7-4+. The van der Waals surface area contributed by atoms with Crippen molar-refractivity contribution in [2.75, 3.05) is 32.7 Å². The third-order valence-electron chi connectivity index (χ3n) is 5.58. The lowest BCUT2D eigenvalue weighted by Crippen LogP contribution is -2.53. The Morgan fingerprint density at radius 2 is 1.84 bits per heavy atom. The fraction of sp³-hybridized carbons (Fsp3) is 0.550. The number of nitrogens with one attached hydrogen (secondary N) is 2. The number of benzene rings is 1. The lowest BCUT2D eigenvalue weighted by Gasteiger charge is -2.35. The summed E-state index contributed by atoms with van der Waals surface area (Å²) in [6, 6.07) is 10.9. The summed E-state index contributed by atoms with van der Waals surface area (Å²) in [5, 5.41) is 0. The molecule has 1 saturated carbocycles. The van der Waals surface area contributed by atoms with Gasteiger partial charge in [0.15, 0.2) is 0 Å². The van der Waals surface area contributed by atoms with Gasteiger partial charge >= 0.3 is 0 Å². The summed E-state index contributed by atoms with van der Waals surface area (Å²) in [7, 11) is 0. The van der Waals surface area contributed by atoms with Gasteiger partial charge < -0.3 is 4.90 Å². The monoisotopic (exact) mass is 340 g/mol. The van der Waals surface area contributed by atoms with E-state index in [1.165, 1.54) is 18.4 Å². The van der Waals surface area contributed by atoms with E-state index in [0.29, 0.717) is 6.04 Å². The third kappa shape index (κ3) is 4.29. The van der Waals surface area contributed by atoms with E-state index >= 15 is 0 Å². The van der Waals surface area contributed by atoms with E-state index < -0.39 is 0 Å². The van der Waals surface area contributed by atoms with Gasteiger partial charge in [-0.25, -0.2) is 5.43 Å². The van der Waals surface area contributed by atoms with Crippen LogP contribution in [0.2, 0.25) is 0 Å². The smallest absolute Gasteiger partial charge is 0.241 e. The van der Waals surface area contributed by atoms with Crippen LogP contribution in [0.3, 0.4) is 0 Å². The molecule has 3 aliphatic rings. The number of hydrogen-bond donors (Lipinski definition) is 2. The van der Waals surface area contributed by atoms with Crippen molar-refractivity contribution in [2.45, 2.75) is 31.3 Å². The van der Waals surface area contributed by atoms with Crippen molar-refractivity contribution in [1.82, 2.24) is 20.7 Å². The second-order valence-electron chi connectivity index (χ2n) is 7.46. The minimum Gasteiger partial charge on any atom is -0.339 e. The molecule has 1 aliphatic carbocycles. The molecule has 1 aromatic rings. The minimum absolute atomic E-state index is 0.0323. The van der Waals surface area contributed by atoms with E-state index in [2.05, 4.69) is 52.2 Å². The Morgan fingerprint density at radius 3 is 2.56 bits per heavy atom. The van der Waals surface area contributed by atoms with Crippen LogP contribution in [-0.4, -0.2) is 60.5 Å². The molecule has 2 aliphatic heterocycles. The van der Waals surface area contributed by atoms with Crippen LogP contribution in [0.4, 0.5) is 0 Å². The van der Waals surface area contributed by atoms with Gasteiger partial charge in [0.2, 0.25) is 5.91 Å². The van der Waals surface area contributed by atoms with Gasteiger partial charge in [-0.15, -0.1) is 0 Å². The third-order valence-corrected chi connectivity index (χ3v) is 5.58. The number of nitrogens with zero attached hydrogens (tertiary/aromatic N) is 2. The van der Waals surface area contributed by atoms with Crippen molar-refractivity contribution in [3.05, 3.63) is 42.0 Å². The van der Waals surface area contributed by atoms with Crippen LogP contribution in [0, 0.1) is 5.92 Å². The van der Waals surface area contributed by atoms with Gasteiger partial charge in [-0.05, 0) is 30.7 Å². The second-order valence-corrected chi connectivity index (χ2v) is 7.46. The highest BCUT2D eigenvalue weighted by Gasteiger charge is 2.40. The number of amides is 1. The van der Waals surface area contributed by atoms with Crippen LogP contribution >= 0.6 is 0 Å². The summed E-state index contributed by atoms with van der Waals surface area (Å²) in [5.41, 5.74) is 7.78. The average molecular weight is 340 g/mol. The summed E-state index contributed by atoms with van der Waals surface area (Å²) < 4.78 is 0. The van der Waals surface area contributed by atoms with Crippen LogP contribution in [0.1, 0.15) is 24.8 Å².